The van der Waals surface area contributed by atoms with Gasteiger partial charge in [-0.1, -0.05) is 13.3 Å². The number of benzene rings is 1. The number of nitriles is 1. The van der Waals surface area contributed by atoms with Crippen molar-refractivity contribution >= 4 is 5.69 Å². The quantitative estimate of drug-likeness (QED) is 0.756. The zero-order valence-electron chi connectivity index (χ0n) is 9.82. The van der Waals surface area contributed by atoms with Gasteiger partial charge < -0.3 is 4.90 Å². The number of nitrogens with zero attached hydrogens (tertiary/aromatic N) is 2. The summed E-state index contributed by atoms with van der Waals surface area (Å²) < 4.78 is 0. The second-order valence-corrected chi connectivity index (χ2v) is 4.50. The molecule has 0 radical (unpaired) electrons. The molecule has 1 aliphatic heterocycles. The van der Waals surface area contributed by atoms with E-state index in [9.17, 15) is 0 Å². The van der Waals surface area contributed by atoms with Gasteiger partial charge in [-0.3, -0.25) is 0 Å². The molecule has 0 saturated carbocycles. The average molecular weight is 214 g/mol. The lowest BCUT2D eigenvalue weighted by molar-refractivity contribution is 0.395. The van der Waals surface area contributed by atoms with Gasteiger partial charge in [-0.2, -0.15) is 5.26 Å². The number of piperidine rings is 1. The molecule has 1 heterocycles. The van der Waals surface area contributed by atoms with Crippen LogP contribution < -0.4 is 4.90 Å². The Morgan fingerprint density at radius 3 is 2.38 bits per heavy atom. The highest BCUT2D eigenvalue weighted by molar-refractivity contribution is 5.49. The summed E-state index contributed by atoms with van der Waals surface area (Å²) in [5.41, 5.74) is 2.00. The molecule has 1 aliphatic rings. The Morgan fingerprint density at radius 2 is 1.88 bits per heavy atom. The van der Waals surface area contributed by atoms with E-state index in [-0.39, 0.29) is 0 Å². The topological polar surface area (TPSA) is 27.0 Å². The Hall–Kier alpha value is -1.49. The van der Waals surface area contributed by atoms with Crippen molar-refractivity contribution in [1.82, 2.24) is 0 Å². The van der Waals surface area contributed by atoms with E-state index in [0.717, 1.165) is 24.6 Å². The van der Waals surface area contributed by atoms with Crippen LogP contribution in [0.25, 0.3) is 0 Å². The molecule has 2 rings (SSSR count). The van der Waals surface area contributed by atoms with Crippen LogP contribution in [0.1, 0.15) is 31.7 Å². The van der Waals surface area contributed by atoms with Gasteiger partial charge in [0, 0.05) is 18.8 Å². The van der Waals surface area contributed by atoms with Gasteiger partial charge in [0.2, 0.25) is 0 Å². The molecule has 0 bridgehead atoms. The lowest BCUT2D eigenvalue weighted by Crippen LogP contribution is -2.33. The third-order valence-corrected chi connectivity index (χ3v) is 3.55. The zero-order chi connectivity index (χ0) is 11.4. The summed E-state index contributed by atoms with van der Waals surface area (Å²) in [4.78, 5) is 2.42. The fourth-order valence-corrected chi connectivity index (χ4v) is 2.35. The maximum absolute atomic E-state index is 8.74. The predicted molar refractivity (Wildman–Crippen MR) is 66.4 cm³/mol. The van der Waals surface area contributed by atoms with E-state index >= 15 is 0 Å². The van der Waals surface area contributed by atoms with Gasteiger partial charge in [0.25, 0.3) is 0 Å². The van der Waals surface area contributed by atoms with Crippen molar-refractivity contribution in [3.8, 4) is 6.07 Å². The Morgan fingerprint density at radius 1 is 1.25 bits per heavy atom. The van der Waals surface area contributed by atoms with Crippen molar-refractivity contribution in [3.05, 3.63) is 29.8 Å². The molecule has 0 atom stereocenters. The van der Waals surface area contributed by atoms with Gasteiger partial charge in [0.1, 0.15) is 0 Å². The maximum Gasteiger partial charge on any atom is 0.0991 e. The third kappa shape index (κ3) is 2.36. The number of hydrogen-bond acceptors (Lipinski definition) is 2. The van der Waals surface area contributed by atoms with Crippen LogP contribution in [0.15, 0.2) is 24.3 Å². The van der Waals surface area contributed by atoms with E-state index in [1.165, 1.54) is 24.9 Å². The van der Waals surface area contributed by atoms with E-state index in [4.69, 9.17) is 5.26 Å². The van der Waals surface area contributed by atoms with E-state index in [1.807, 2.05) is 12.1 Å². The normalized spacial score (nSPS) is 17.1. The van der Waals surface area contributed by atoms with Crippen LogP contribution in [-0.4, -0.2) is 13.1 Å². The van der Waals surface area contributed by atoms with Gasteiger partial charge in [-0.25, -0.2) is 0 Å². The second-order valence-electron chi connectivity index (χ2n) is 4.50. The molecule has 1 aromatic rings. The minimum atomic E-state index is 0.743. The molecule has 0 aliphatic carbocycles. The number of anilines is 1. The van der Waals surface area contributed by atoms with Crippen LogP contribution in [0, 0.1) is 17.2 Å². The van der Waals surface area contributed by atoms with E-state index in [1.54, 1.807) is 0 Å². The number of hydrogen-bond donors (Lipinski definition) is 0. The zero-order valence-corrected chi connectivity index (χ0v) is 9.82. The molecule has 1 fully saturated rings. The van der Waals surface area contributed by atoms with E-state index in [0.29, 0.717) is 0 Å². The molecule has 0 aromatic heterocycles. The van der Waals surface area contributed by atoms with Crippen molar-refractivity contribution in [3.63, 3.8) is 0 Å². The van der Waals surface area contributed by atoms with Crippen LogP contribution in [0.2, 0.25) is 0 Å². The highest BCUT2D eigenvalue weighted by Crippen LogP contribution is 2.24. The van der Waals surface area contributed by atoms with Crippen LogP contribution >= 0.6 is 0 Å². The molecule has 2 nitrogen and oxygen atoms in total. The first-order valence-corrected chi connectivity index (χ1v) is 6.08. The largest absolute Gasteiger partial charge is 0.372 e. The Kier molecular flexibility index (Phi) is 3.46. The molecular formula is C14H18N2. The van der Waals surface area contributed by atoms with Gasteiger partial charge >= 0.3 is 0 Å². The molecular weight excluding hydrogens is 196 g/mol. The summed E-state index contributed by atoms with van der Waals surface area (Å²) in [7, 11) is 0. The van der Waals surface area contributed by atoms with Crippen LogP contribution in [0.4, 0.5) is 5.69 Å². The minimum Gasteiger partial charge on any atom is -0.372 e. The van der Waals surface area contributed by atoms with Crippen LogP contribution in [0.5, 0.6) is 0 Å². The molecule has 2 heteroatoms. The lowest BCUT2D eigenvalue weighted by atomic mass is 9.94. The Bertz CT molecular complexity index is 367. The van der Waals surface area contributed by atoms with Gasteiger partial charge in [-0.05, 0) is 43.0 Å². The van der Waals surface area contributed by atoms with Crippen molar-refractivity contribution in [1.29, 1.82) is 5.26 Å². The summed E-state index contributed by atoms with van der Waals surface area (Å²) >= 11 is 0. The van der Waals surface area contributed by atoms with Crippen molar-refractivity contribution in [2.24, 2.45) is 5.92 Å². The first kappa shape index (κ1) is 11.0. The molecule has 0 amide bonds. The summed E-state index contributed by atoms with van der Waals surface area (Å²) in [6, 6.07) is 10.1. The van der Waals surface area contributed by atoms with Gasteiger partial charge in [-0.15, -0.1) is 0 Å². The minimum absolute atomic E-state index is 0.743. The molecule has 16 heavy (non-hydrogen) atoms. The smallest absolute Gasteiger partial charge is 0.0991 e. The molecule has 84 valence electrons. The van der Waals surface area contributed by atoms with Gasteiger partial charge in [0.15, 0.2) is 0 Å². The van der Waals surface area contributed by atoms with Crippen LogP contribution in [-0.2, 0) is 0 Å². The second kappa shape index (κ2) is 5.03. The monoisotopic (exact) mass is 214 g/mol. The fraction of sp³-hybridized carbons (Fsp3) is 0.500. The average Bonchev–Trinajstić information content (AvgIpc) is 2.39. The van der Waals surface area contributed by atoms with Crippen LogP contribution in [0.3, 0.4) is 0 Å². The highest BCUT2D eigenvalue weighted by Gasteiger charge is 2.17. The van der Waals surface area contributed by atoms with Crippen molar-refractivity contribution in [2.75, 3.05) is 18.0 Å². The highest BCUT2D eigenvalue weighted by atomic mass is 15.1. The number of rotatable bonds is 2. The summed E-state index contributed by atoms with van der Waals surface area (Å²) in [5.74, 6) is 0.912. The maximum atomic E-state index is 8.74. The third-order valence-electron chi connectivity index (χ3n) is 3.55. The Labute approximate surface area is 97.5 Å². The van der Waals surface area contributed by atoms with E-state index in [2.05, 4.69) is 30.0 Å². The van der Waals surface area contributed by atoms with Gasteiger partial charge in [0.05, 0.1) is 11.6 Å². The SMILES string of the molecule is CCC1CCN(c2ccc(C#N)cc2)CC1. The summed E-state index contributed by atoms with van der Waals surface area (Å²) in [6.07, 6.45) is 3.91. The molecule has 0 N–H and O–H groups in total. The van der Waals surface area contributed by atoms with Crippen molar-refractivity contribution < 1.29 is 0 Å². The molecule has 1 aromatic carbocycles. The molecule has 1 saturated heterocycles. The standard InChI is InChI=1S/C14H18N2/c1-2-12-7-9-16(10-8-12)14-5-3-13(11-15)4-6-14/h3-6,12H,2,7-10H2,1H3. The molecule has 0 unspecified atom stereocenters. The summed E-state index contributed by atoms with van der Waals surface area (Å²) in [5, 5.41) is 8.74. The predicted octanol–water partition coefficient (Wildman–Crippen LogP) is 3.18. The first-order valence-electron chi connectivity index (χ1n) is 6.08. The fourth-order valence-electron chi connectivity index (χ4n) is 2.35. The first-order chi connectivity index (χ1) is 7.83. The summed E-state index contributed by atoms with van der Waals surface area (Å²) in [6.45, 7) is 4.59. The Balaban J connectivity index is 2.00. The lowest BCUT2D eigenvalue weighted by Gasteiger charge is -2.33. The molecule has 0 spiro atoms. The van der Waals surface area contributed by atoms with Crippen molar-refractivity contribution in [2.45, 2.75) is 26.2 Å². The van der Waals surface area contributed by atoms with E-state index < -0.39 is 0 Å².